The van der Waals surface area contributed by atoms with E-state index in [1.54, 1.807) is 0 Å². The number of likely N-dealkylation sites (tertiary alicyclic amines) is 1. The van der Waals surface area contributed by atoms with Crippen LogP contribution in [0.15, 0.2) is 0 Å². The Balaban J connectivity index is 2.87. The number of rotatable bonds is 2. The number of carbonyl (C=O) groups is 1. The van der Waals surface area contributed by atoms with Gasteiger partial charge in [-0.05, 0) is 0 Å². The standard InChI is InChI=1S/C6H11NO5/c8-2-6(12)5(11)4(10)1-7(6)3-9/h3-5,8,10-12H,1-2H2. The molecule has 6 nitrogen and oxygen atoms in total. The van der Waals surface area contributed by atoms with Crippen LogP contribution in [0.25, 0.3) is 0 Å². The highest BCUT2D eigenvalue weighted by molar-refractivity contribution is 5.50. The maximum Gasteiger partial charge on any atom is 0.212 e. The molecule has 0 aromatic heterocycles. The van der Waals surface area contributed by atoms with Crippen LogP contribution in [0.5, 0.6) is 0 Å². The van der Waals surface area contributed by atoms with Crippen LogP contribution in [0.2, 0.25) is 0 Å². The molecule has 0 aromatic carbocycles. The molecule has 3 unspecified atom stereocenters. The van der Waals surface area contributed by atoms with Crippen LogP contribution in [0.3, 0.4) is 0 Å². The first-order valence-corrected chi connectivity index (χ1v) is 3.47. The highest BCUT2D eigenvalue weighted by Gasteiger charge is 2.51. The van der Waals surface area contributed by atoms with E-state index >= 15 is 0 Å². The second-order valence-corrected chi connectivity index (χ2v) is 2.81. The fourth-order valence-corrected chi connectivity index (χ4v) is 1.26. The van der Waals surface area contributed by atoms with Gasteiger partial charge in [0.2, 0.25) is 6.41 Å². The largest absolute Gasteiger partial charge is 0.391 e. The first kappa shape index (κ1) is 9.40. The minimum atomic E-state index is -2.04. The molecule has 4 N–H and O–H groups in total. The first-order chi connectivity index (χ1) is 5.56. The van der Waals surface area contributed by atoms with E-state index in [1.165, 1.54) is 0 Å². The molecule has 1 heterocycles. The summed E-state index contributed by atoms with van der Waals surface area (Å²) in [5, 5.41) is 36.3. The molecule has 6 heteroatoms. The van der Waals surface area contributed by atoms with Gasteiger partial charge in [-0.3, -0.25) is 4.79 Å². The van der Waals surface area contributed by atoms with E-state index < -0.39 is 24.5 Å². The summed E-state index contributed by atoms with van der Waals surface area (Å²) >= 11 is 0. The van der Waals surface area contributed by atoms with Gasteiger partial charge in [-0.15, -0.1) is 0 Å². The quantitative estimate of drug-likeness (QED) is 0.334. The smallest absolute Gasteiger partial charge is 0.212 e. The van der Waals surface area contributed by atoms with Crippen molar-refractivity contribution in [3.05, 3.63) is 0 Å². The van der Waals surface area contributed by atoms with Gasteiger partial charge >= 0.3 is 0 Å². The second kappa shape index (κ2) is 2.98. The lowest BCUT2D eigenvalue weighted by Gasteiger charge is -2.30. The van der Waals surface area contributed by atoms with Crippen LogP contribution in [-0.4, -0.2) is 62.8 Å². The summed E-state index contributed by atoms with van der Waals surface area (Å²) < 4.78 is 0. The normalized spacial score (nSPS) is 41.8. The van der Waals surface area contributed by atoms with Crippen molar-refractivity contribution in [3.8, 4) is 0 Å². The zero-order valence-corrected chi connectivity index (χ0v) is 6.29. The summed E-state index contributed by atoms with van der Waals surface area (Å²) in [4.78, 5) is 11.1. The fourth-order valence-electron chi connectivity index (χ4n) is 1.26. The van der Waals surface area contributed by atoms with Gasteiger partial charge in [0.1, 0.15) is 12.2 Å². The minimum absolute atomic E-state index is 0.179. The Bertz CT molecular complexity index is 187. The van der Waals surface area contributed by atoms with Crippen molar-refractivity contribution in [3.63, 3.8) is 0 Å². The zero-order chi connectivity index (χ0) is 9.35. The maximum absolute atomic E-state index is 10.3. The fraction of sp³-hybridized carbons (Fsp3) is 0.833. The summed E-state index contributed by atoms with van der Waals surface area (Å²) in [7, 11) is 0. The third-order valence-corrected chi connectivity index (χ3v) is 2.08. The molecule has 0 aromatic rings. The van der Waals surface area contributed by atoms with Crippen LogP contribution >= 0.6 is 0 Å². The third-order valence-electron chi connectivity index (χ3n) is 2.08. The van der Waals surface area contributed by atoms with E-state index in [2.05, 4.69) is 0 Å². The van der Waals surface area contributed by atoms with Crippen LogP contribution in [0.4, 0.5) is 0 Å². The average molecular weight is 177 g/mol. The summed E-state index contributed by atoms with van der Waals surface area (Å²) in [6.45, 7) is -0.980. The first-order valence-electron chi connectivity index (χ1n) is 3.47. The lowest BCUT2D eigenvalue weighted by molar-refractivity contribution is -0.176. The molecule has 1 fully saturated rings. The van der Waals surface area contributed by atoms with Gasteiger partial charge in [0.15, 0.2) is 5.72 Å². The monoisotopic (exact) mass is 177 g/mol. The van der Waals surface area contributed by atoms with E-state index in [1.807, 2.05) is 0 Å². The number of β-amino-alcohol motifs (C(OH)–C–C–N with tert-alkyl or cyclic N) is 1. The summed E-state index contributed by atoms with van der Waals surface area (Å²) in [5.41, 5.74) is -2.04. The SMILES string of the molecule is O=CN1CC(O)C(O)C1(O)CO. The molecule has 70 valence electrons. The van der Waals surface area contributed by atoms with Crippen molar-refractivity contribution in [1.29, 1.82) is 0 Å². The van der Waals surface area contributed by atoms with E-state index in [0.717, 1.165) is 4.90 Å². The number of aliphatic hydroxyl groups excluding tert-OH is 3. The molecule has 3 atom stereocenters. The molecule has 12 heavy (non-hydrogen) atoms. The predicted octanol–water partition coefficient (Wildman–Crippen LogP) is -3.14. The summed E-state index contributed by atoms with van der Waals surface area (Å²) in [6.07, 6.45) is -2.46. The van der Waals surface area contributed by atoms with Gasteiger partial charge in [0, 0.05) is 0 Å². The lowest BCUT2D eigenvalue weighted by Crippen LogP contribution is -2.53. The van der Waals surface area contributed by atoms with E-state index in [0.29, 0.717) is 0 Å². The van der Waals surface area contributed by atoms with Crippen LogP contribution < -0.4 is 0 Å². The molecule has 1 aliphatic rings. The Kier molecular flexibility index (Phi) is 2.34. The Morgan fingerprint density at radius 2 is 2.17 bits per heavy atom. The van der Waals surface area contributed by atoms with Crippen molar-refractivity contribution in [2.24, 2.45) is 0 Å². The molecule has 1 amide bonds. The molecular formula is C6H11NO5. The molecule has 0 bridgehead atoms. The van der Waals surface area contributed by atoms with Crippen molar-refractivity contribution >= 4 is 6.41 Å². The lowest BCUT2D eigenvalue weighted by atomic mass is 10.1. The van der Waals surface area contributed by atoms with Gasteiger partial charge in [0.25, 0.3) is 0 Å². The Hall–Kier alpha value is -0.690. The number of carbonyl (C=O) groups excluding carboxylic acids is 1. The Morgan fingerprint density at radius 1 is 1.58 bits per heavy atom. The maximum atomic E-state index is 10.3. The molecule has 1 rings (SSSR count). The van der Waals surface area contributed by atoms with Crippen LogP contribution in [0, 0.1) is 0 Å². The molecule has 0 radical (unpaired) electrons. The topological polar surface area (TPSA) is 101 Å². The third kappa shape index (κ3) is 1.09. The molecule has 0 saturated carbocycles. The number of amides is 1. The highest BCUT2D eigenvalue weighted by atomic mass is 16.4. The average Bonchev–Trinajstić information content (AvgIpc) is 2.30. The van der Waals surface area contributed by atoms with E-state index in [4.69, 9.17) is 15.3 Å². The van der Waals surface area contributed by atoms with Crippen LogP contribution in [0.1, 0.15) is 0 Å². The van der Waals surface area contributed by atoms with Gasteiger partial charge in [-0.2, -0.15) is 0 Å². The predicted molar refractivity (Wildman–Crippen MR) is 36.8 cm³/mol. The number of hydrogen-bond donors (Lipinski definition) is 4. The highest BCUT2D eigenvalue weighted by Crippen LogP contribution is 2.25. The van der Waals surface area contributed by atoms with Crippen molar-refractivity contribution < 1.29 is 25.2 Å². The van der Waals surface area contributed by atoms with Crippen molar-refractivity contribution in [1.82, 2.24) is 4.90 Å². The summed E-state index contributed by atoms with van der Waals surface area (Å²) in [6, 6.07) is 0. The summed E-state index contributed by atoms with van der Waals surface area (Å²) in [5.74, 6) is 0. The minimum Gasteiger partial charge on any atom is -0.391 e. The van der Waals surface area contributed by atoms with Gasteiger partial charge in [0.05, 0.1) is 13.2 Å². The Labute approximate surface area is 68.7 Å². The van der Waals surface area contributed by atoms with Gasteiger partial charge < -0.3 is 25.3 Å². The van der Waals surface area contributed by atoms with E-state index in [9.17, 15) is 9.90 Å². The van der Waals surface area contributed by atoms with Gasteiger partial charge in [-0.1, -0.05) is 0 Å². The number of aliphatic hydroxyl groups is 4. The Morgan fingerprint density at radius 3 is 2.50 bits per heavy atom. The molecule has 0 spiro atoms. The van der Waals surface area contributed by atoms with E-state index in [-0.39, 0.29) is 13.0 Å². The van der Waals surface area contributed by atoms with Crippen LogP contribution in [-0.2, 0) is 4.79 Å². The zero-order valence-electron chi connectivity index (χ0n) is 6.29. The molecule has 1 aliphatic heterocycles. The second-order valence-electron chi connectivity index (χ2n) is 2.81. The van der Waals surface area contributed by atoms with Crippen molar-refractivity contribution in [2.75, 3.05) is 13.2 Å². The number of hydrogen-bond acceptors (Lipinski definition) is 5. The van der Waals surface area contributed by atoms with Crippen molar-refractivity contribution in [2.45, 2.75) is 17.9 Å². The molecule has 1 saturated heterocycles. The molecular weight excluding hydrogens is 166 g/mol. The molecule has 0 aliphatic carbocycles. The van der Waals surface area contributed by atoms with Gasteiger partial charge in [-0.25, -0.2) is 0 Å². The number of nitrogens with zero attached hydrogens (tertiary/aromatic N) is 1.